The molecule has 1 aliphatic rings. The predicted molar refractivity (Wildman–Crippen MR) is 96.3 cm³/mol. The largest absolute Gasteiger partial charge is 0.474 e. The van der Waals surface area contributed by atoms with Crippen LogP contribution in [0.3, 0.4) is 0 Å². The highest BCUT2D eigenvalue weighted by molar-refractivity contribution is 5.85. The zero-order valence-corrected chi connectivity index (χ0v) is 15.4. The molecular formula is C17H21ClN4O4. The summed E-state index contributed by atoms with van der Waals surface area (Å²) >= 11 is 0. The molecular weight excluding hydrogens is 360 g/mol. The molecule has 0 bridgehead atoms. The summed E-state index contributed by atoms with van der Waals surface area (Å²) in [4.78, 5) is 24.9. The van der Waals surface area contributed by atoms with Gasteiger partial charge in [-0.1, -0.05) is 0 Å². The van der Waals surface area contributed by atoms with Gasteiger partial charge in [-0.15, -0.1) is 12.4 Å². The number of aromatic nitrogens is 3. The minimum Gasteiger partial charge on any atom is -0.474 e. The number of ether oxygens (including phenoxy) is 2. The molecule has 1 aliphatic heterocycles. The summed E-state index contributed by atoms with van der Waals surface area (Å²) in [6, 6.07) is 3.62. The molecule has 140 valence electrons. The molecule has 0 unspecified atom stereocenters. The second-order valence-electron chi connectivity index (χ2n) is 5.88. The number of hydrogen-bond acceptors (Lipinski definition) is 6. The van der Waals surface area contributed by atoms with Crippen LogP contribution in [0.2, 0.25) is 0 Å². The minimum atomic E-state index is -0.890. The fourth-order valence-electron chi connectivity index (χ4n) is 2.64. The molecule has 0 radical (unpaired) electrons. The van der Waals surface area contributed by atoms with Gasteiger partial charge in [0.05, 0.1) is 11.3 Å². The lowest BCUT2D eigenvalue weighted by atomic mass is 10.1. The van der Waals surface area contributed by atoms with E-state index in [-0.39, 0.29) is 18.5 Å². The van der Waals surface area contributed by atoms with E-state index < -0.39 is 6.09 Å². The summed E-state index contributed by atoms with van der Waals surface area (Å²) in [6.45, 7) is 4.62. The molecule has 0 spiro atoms. The molecule has 1 N–H and O–H groups in total. The van der Waals surface area contributed by atoms with Crippen LogP contribution < -0.4 is 9.47 Å². The maximum absolute atomic E-state index is 11.0. The van der Waals surface area contributed by atoms with Gasteiger partial charge in [-0.2, -0.15) is 0 Å². The molecule has 2 aromatic heterocycles. The highest BCUT2D eigenvalue weighted by Gasteiger charge is 2.24. The maximum Gasteiger partial charge on any atom is 0.407 e. The van der Waals surface area contributed by atoms with Gasteiger partial charge in [0, 0.05) is 32.1 Å². The Bertz CT molecular complexity index is 766. The van der Waals surface area contributed by atoms with Gasteiger partial charge in [-0.3, -0.25) is 4.98 Å². The van der Waals surface area contributed by atoms with E-state index in [1.807, 2.05) is 19.9 Å². The number of halogens is 1. The zero-order valence-electron chi connectivity index (χ0n) is 14.6. The van der Waals surface area contributed by atoms with Gasteiger partial charge < -0.3 is 19.5 Å². The Morgan fingerprint density at radius 1 is 1.19 bits per heavy atom. The second kappa shape index (κ2) is 8.66. The van der Waals surface area contributed by atoms with Crippen molar-refractivity contribution in [1.82, 2.24) is 19.9 Å². The van der Waals surface area contributed by atoms with Gasteiger partial charge in [0.1, 0.15) is 12.4 Å². The Morgan fingerprint density at radius 2 is 1.88 bits per heavy atom. The highest BCUT2D eigenvalue weighted by atomic mass is 35.5. The third kappa shape index (κ3) is 4.51. The van der Waals surface area contributed by atoms with E-state index in [2.05, 4.69) is 15.0 Å². The summed E-state index contributed by atoms with van der Waals surface area (Å²) in [6.07, 6.45) is 3.40. The topological polar surface area (TPSA) is 97.7 Å². The highest BCUT2D eigenvalue weighted by Crippen LogP contribution is 2.29. The molecule has 1 saturated heterocycles. The van der Waals surface area contributed by atoms with Crippen LogP contribution in [0.25, 0.3) is 0 Å². The molecule has 26 heavy (non-hydrogen) atoms. The van der Waals surface area contributed by atoms with Gasteiger partial charge in [-0.05, 0) is 26.0 Å². The average Bonchev–Trinajstić information content (AvgIpc) is 2.61. The van der Waals surface area contributed by atoms with E-state index in [1.54, 1.807) is 12.3 Å². The molecule has 3 heterocycles. The molecule has 2 aromatic rings. The Morgan fingerprint density at radius 3 is 2.54 bits per heavy atom. The third-order valence-electron chi connectivity index (χ3n) is 4.15. The number of piperidine rings is 1. The van der Waals surface area contributed by atoms with Crippen molar-refractivity contribution in [1.29, 1.82) is 0 Å². The number of hydrogen-bond donors (Lipinski definition) is 1. The molecule has 0 aromatic carbocycles. The predicted octanol–water partition coefficient (Wildman–Crippen LogP) is 3.22. The SMILES string of the molecule is Cc1ncccc1Oc1ncnc(OC2CCN(C(=O)O)CC2)c1C.Cl. The molecule has 9 heteroatoms. The number of carboxylic acid groups (broad SMARTS) is 1. The Balaban J connectivity index is 0.00000243. The number of rotatable bonds is 4. The van der Waals surface area contributed by atoms with Gasteiger partial charge in [0.15, 0.2) is 5.75 Å². The van der Waals surface area contributed by atoms with Crippen molar-refractivity contribution < 1.29 is 19.4 Å². The van der Waals surface area contributed by atoms with Crippen molar-refractivity contribution in [3.63, 3.8) is 0 Å². The van der Waals surface area contributed by atoms with Crippen molar-refractivity contribution in [3.8, 4) is 17.5 Å². The van der Waals surface area contributed by atoms with E-state index >= 15 is 0 Å². The Labute approximate surface area is 157 Å². The van der Waals surface area contributed by atoms with Crippen molar-refractivity contribution in [3.05, 3.63) is 35.9 Å². The summed E-state index contributed by atoms with van der Waals surface area (Å²) in [5.74, 6) is 1.51. The fourth-order valence-corrected chi connectivity index (χ4v) is 2.64. The monoisotopic (exact) mass is 380 g/mol. The first kappa shape index (κ1) is 19.7. The van der Waals surface area contributed by atoms with Crippen LogP contribution in [-0.2, 0) is 0 Å². The normalized spacial score (nSPS) is 14.5. The number of likely N-dealkylation sites (tertiary alicyclic amines) is 1. The van der Waals surface area contributed by atoms with E-state index in [0.717, 1.165) is 5.69 Å². The number of aryl methyl sites for hydroxylation is 1. The smallest absolute Gasteiger partial charge is 0.407 e. The average molecular weight is 381 g/mol. The zero-order chi connectivity index (χ0) is 17.8. The summed E-state index contributed by atoms with van der Waals surface area (Å²) < 4.78 is 11.8. The molecule has 1 amide bonds. The van der Waals surface area contributed by atoms with Crippen molar-refractivity contribution >= 4 is 18.5 Å². The first-order valence-corrected chi connectivity index (χ1v) is 8.10. The first-order chi connectivity index (χ1) is 12.0. The van der Waals surface area contributed by atoms with Gasteiger partial charge in [-0.25, -0.2) is 14.8 Å². The number of amides is 1. The quantitative estimate of drug-likeness (QED) is 0.869. The van der Waals surface area contributed by atoms with Gasteiger partial charge in [0.2, 0.25) is 11.8 Å². The molecule has 0 aliphatic carbocycles. The second-order valence-corrected chi connectivity index (χ2v) is 5.88. The first-order valence-electron chi connectivity index (χ1n) is 8.10. The summed E-state index contributed by atoms with van der Waals surface area (Å²) in [7, 11) is 0. The summed E-state index contributed by atoms with van der Waals surface area (Å²) in [5.41, 5.74) is 1.47. The van der Waals surface area contributed by atoms with Crippen LogP contribution in [0.15, 0.2) is 24.7 Å². The minimum absolute atomic E-state index is 0. The number of pyridine rings is 1. The molecule has 8 nitrogen and oxygen atoms in total. The van der Waals surface area contributed by atoms with Crippen LogP contribution in [-0.4, -0.2) is 50.2 Å². The van der Waals surface area contributed by atoms with Crippen LogP contribution in [0.5, 0.6) is 17.5 Å². The molecule has 0 saturated carbocycles. The van der Waals surface area contributed by atoms with E-state index in [4.69, 9.17) is 14.6 Å². The molecule has 0 atom stereocenters. The molecule has 1 fully saturated rings. The third-order valence-corrected chi connectivity index (χ3v) is 4.15. The standard InChI is InChI=1S/C17H20N4O4.ClH/c1-11-15(24-13-5-8-21(9-6-13)17(22)23)19-10-20-16(11)25-14-4-3-7-18-12(14)2;/h3-4,7,10,13H,5-6,8-9H2,1-2H3,(H,22,23);1H. The van der Waals surface area contributed by atoms with Gasteiger partial charge in [0.25, 0.3) is 0 Å². The Kier molecular flexibility index (Phi) is 6.57. The van der Waals surface area contributed by atoms with Crippen LogP contribution in [0.4, 0.5) is 4.79 Å². The van der Waals surface area contributed by atoms with E-state index in [0.29, 0.717) is 49.0 Å². The lowest BCUT2D eigenvalue weighted by molar-refractivity contribution is 0.0864. The lowest BCUT2D eigenvalue weighted by Gasteiger charge is -2.30. The van der Waals surface area contributed by atoms with E-state index in [1.165, 1.54) is 11.2 Å². The van der Waals surface area contributed by atoms with Crippen LogP contribution >= 0.6 is 12.4 Å². The van der Waals surface area contributed by atoms with Crippen LogP contribution in [0, 0.1) is 13.8 Å². The maximum atomic E-state index is 11.0. The van der Waals surface area contributed by atoms with Gasteiger partial charge >= 0.3 is 6.09 Å². The lowest BCUT2D eigenvalue weighted by Crippen LogP contribution is -2.41. The van der Waals surface area contributed by atoms with Crippen molar-refractivity contribution in [2.75, 3.05) is 13.1 Å². The van der Waals surface area contributed by atoms with Crippen molar-refractivity contribution in [2.45, 2.75) is 32.8 Å². The van der Waals surface area contributed by atoms with Crippen LogP contribution in [0.1, 0.15) is 24.1 Å². The number of nitrogens with zero attached hydrogens (tertiary/aromatic N) is 4. The summed E-state index contributed by atoms with van der Waals surface area (Å²) in [5, 5.41) is 9.00. The Hall–Kier alpha value is -2.61. The van der Waals surface area contributed by atoms with E-state index in [9.17, 15) is 4.79 Å². The number of carbonyl (C=O) groups is 1. The fraction of sp³-hybridized carbons (Fsp3) is 0.412. The van der Waals surface area contributed by atoms with Crippen molar-refractivity contribution in [2.24, 2.45) is 0 Å². The molecule has 3 rings (SSSR count).